The maximum absolute atomic E-state index is 12.6. The number of nitriles is 1. The molecule has 0 bridgehead atoms. The van der Waals surface area contributed by atoms with Crippen LogP contribution >= 0.6 is 27.5 Å². The van der Waals surface area contributed by atoms with Gasteiger partial charge in [-0.2, -0.15) is 10.4 Å². The highest BCUT2D eigenvalue weighted by molar-refractivity contribution is 9.10. The minimum absolute atomic E-state index is 0.157. The SMILES string of the molecule is CCOC(=O)C1=C(C)NC(=O)N[C@H]1c1ccc(OCC(=O)N/N=C\c2cc(Cl)c(OCC#N)c(Br)c2)c(OC)c1. The maximum atomic E-state index is 12.6. The number of hydrogen-bond acceptors (Lipinski definition) is 9. The van der Waals surface area contributed by atoms with Crippen molar-refractivity contribution >= 4 is 51.7 Å². The van der Waals surface area contributed by atoms with Crippen molar-refractivity contribution in [2.45, 2.75) is 19.9 Å². The van der Waals surface area contributed by atoms with E-state index in [1.165, 1.54) is 13.3 Å². The van der Waals surface area contributed by atoms with Gasteiger partial charge < -0.3 is 29.6 Å². The fourth-order valence-corrected chi connectivity index (χ4v) is 4.65. The molecule has 0 saturated heterocycles. The number of nitrogens with zero attached hydrogens (tertiary/aromatic N) is 2. The number of hydrazone groups is 1. The van der Waals surface area contributed by atoms with Gasteiger partial charge in [0.15, 0.2) is 30.5 Å². The molecule has 2 aromatic rings. The molecule has 1 atom stereocenters. The van der Waals surface area contributed by atoms with Crippen LogP contribution in [0.5, 0.6) is 17.2 Å². The molecule has 2 aromatic carbocycles. The van der Waals surface area contributed by atoms with E-state index in [1.807, 2.05) is 6.07 Å². The van der Waals surface area contributed by atoms with Gasteiger partial charge in [0.1, 0.15) is 6.07 Å². The largest absolute Gasteiger partial charge is 0.493 e. The first-order chi connectivity index (χ1) is 19.2. The molecule has 0 aromatic heterocycles. The number of allylic oxidation sites excluding steroid dienone is 1. The predicted molar refractivity (Wildman–Crippen MR) is 148 cm³/mol. The highest BCUT2D eigenvalue weighted by Gasteiger charge is 2.32. The molecule has 0 fully saturated rings. The van der Waals surface area contributed by atoms with Gasteiger partial charge in [0.2, 0.25) is 0 Å². The van der Waals surface area contributed by atoms with Crippen molar-refractivity contribution in [2.24, 2.45) is 5.10 Å². The number of amides is 3. The molecule has 12 nitrogen and oxygen atoms in total. The van der Waals surface area contributed by atoms with Crippen LogP contribution in [0.25, 0.3) is 0 Å². The molecular weight excluding hydrogens is 610 g/mol. The van der Waals surface area contributed by atoms with E-state index in [4.69, 9.17) is 35.8 Å². The normalized spacial score (nSPS) is 14.6. The third-order valence-corrected chi connectivity index (χ3v) is 6.22. The van der Waals surface area contributed by atoms with Gasteiger partial charge in [-0.15, -0.1) is 0 Å². The van der Waals surface area contributed by atoms with Gasteiger partial charge in [0.25, 0.3) is 5.91 Å². The summed E-state index contributed by atoms with van der Waals surface area (Å²) in [6, 6.07) is 8.63. The summed E-state index contributed by atoms with van der Waals surface area (Å²) >= 11 is 9.49. The van der Waals surface area contributed by atoms with Crippen molar-refractivity contribution in [3.05, 3.63) is 62.2 Å². The number of nitrogens with one attached hydrogen (secondary N) is 3. The van der Waals surface area contributed by atoms with Crippen LogP contribution in [-0.2, 0) is 14.3 Å². The molecule has 14 heteroatoms. The molecule has 210 valence electrons. The number of methoxy groups -OCH3 is 1. The zero-order valence-corrected chi connectivity index (χ0v) is 24.0. The van der Waals surface area contributed by atoms with Crippen LogP contribution in [0.2, 0.25) is 5.02 Å². The van der Waals surface area contributed by atoms with Crippen molar-refractivity contribution < 1.29 is 33.3 Å². The second kappa shape index (κ2) is 14.2. The molecule has 0 unspecified atom stereocenters. The number of rotatable bonds is 11. The first-order valence-corrected chi connectivity index (χ1v) is 12.9. The summed E-state index contributed by atoms with van der Waals surface area (Å²) in [6.07, 6.45) is 1.38. The molecule has 40 heavy (non-hydrogen) atoms. The van der Waals surface area contributed by atoms with Gasteiger partial charge in [-0.3, -0.25) is 4.79 Å². The lowest BCUT2D eigenvalue weighted by atomic mass is 9.95. The topological polar surface area (TPSA) is 160 Å². The Morgan fingerprint density at radius 1 is 1.25 bits per heavy atom. The van der Waals surface area contributed by atoms with Gasteiger partial charge >= 0.3 is 12.0 Å². The van der Waals surface area contributed by atoms with Crippen LogP contribution in [0, 0.1) is 11.3 Å². The van der Waals surface area contributed by atoms with E-state index in [-0.39, 0.29) is 41.9 Å². The summed E-state index contributed by atoms with van der Waals surface area (Å²) in [6.45, 7) is 2.94. The monoisotopic (exact) mass is 633 g/mol. The van der Waals surface area contributed by atoms with E-state index < -0.39 is 23.9 Å². The van der Waals surface area contributed by atoms with Gasteiger partial charge in [0, 0.05) is 5.70 Å². The van der Waals surface area contributed by atoms with Crippen molar-refractivity contribution in [1.29, 1.82) is 5.26 Å². The Balaban J connectivity index is 1.66. The molecule has 1 aliphatic heterocycles. The van der Waals surface area contributed by atoms with Crippen LogP contribution in [0.3, 0.4) is 0 Å². The number of halogens is 2. The Kier molecular flexibility index (Phi) is 10.7. The van der Waals surface area contributed by atoms with E-state index in [2.05, 4.69) is 37.1 Å². The zero-order chi connectivity index (χ0) is 29.2. The Morgan fingerprint density at radius 2 is 2.02 bits per heavy atom. The van der Waals surface area contributed by atoms with E-state index in [1.54, 1.807) is 44.2 Å². The number of ether oxygens (including phenoxy) is 4. The molecule has 0 aliphatic carbocycles. The van der Waals surface area contributed by atoms with Crippen LogP contribution in [0.1, 0.15) is 31.0 Å². The third-order valence-electron chi connectivity index (χ3n) is 5.35. The average Bonchev–Trinajstić information content (AvgIpc) is 2.91. The van der Waals surface area contributed by atoms with Crippen molar-refractivity contribution in [2.75, 3.05) is 26.9 Å². The summed E-state index contributed by atoms with van der Waals surface area (Å²) in [5.41, 5.74) is 4.09. The quantitative estimate of drug-likeness (QED) is 0.191. The lowest BCUT2D eigenvalue weighted by Crippen LogP contribution is -2.45. The highest BCUT2D eigenvalue weighted by atomic mass is 79.9. The van der Waals surface area contributed by atoms with Crippen molar-refractivity contribution in [3.8, 4) is 23.3 Å². The van der Waals surface area contributed by atoms with Crippen LogP contribution in [-0.4, -0.2) is 51.1 Å². The summed E-state index contributed by atoms with van der Waals surface area (Å²) in [5.74, 6) is -0.251. The smallest absolute Gasteiger partial charge is 0.338 e. The number of hydrogen-bond donors (Lipinski definition) is 3. The van der Waals surface area contributed by atoms with Crippen LogP contribution in [0.4, 0.5) is 4.79 Å². The molecule has 3 amide bonds. The number of esters is 1. The molecule has 1 heterocycles. The zero-order valence-electron chi connectivity index (χ0n) is 21.7. The van der Waals surface area contributed by atoms with E-state index >= 15 is 0 Å². The third kappa shape index (κ3) is 7.64. The van der Waals surface area contributed by atoms with Crippen molar-refractivity contribution in [1.82, 2.24) is 16.1 Å². The fraction of sp³-hybridized carbons (Fsp3) is 0.269. The second-order valence-corrected chi connectivity index (χ2v) is 9.30. The first kappa shape index (κ1) is 30.3. The second-order valence-electron chi connectivity index (χ2n) is 8.04. The van der Waals surface area contributed by atoms with Gasteiger partial charge in [-0.1, -0.05) is 17.7 Å². The molecule has 3 rings (SSSR count). The molecule has 0 spiro atoms. The fourth-order valence-electron chi connectivity index (χ4n) is 3.66. The summed E-state index contributed by atoms with van der Waals surface area (Å²) in [5, 5.41) is 18.1. The van der Waals surface area contributed by atoms with Crippen molar-refractivity contribution in [3.63, 3.8) is 0 Å². The molecule has 0 radical (unpaired) electrons. The molecule has 1 aliphatic rings. The maximum Gasteiger partial charge on any atom is 0.338 e. The Morgan fingerprint density at radius 3 is 2.70 bits per heavy atom. The van der Waals surface area contributed by atoms with E-state index in [9.17, 15) is 14.4 Å². The molecule has 3 N–H and O–H groups in total. The Labute approximate surface area is 243 Å². The Hall–Kier alpha value is -4.28. The summed E-state index contributed by atoms with van der Waals surface area (Å²) in [7, 11) is 1.42. The minimum Gasteiger partial charge on any atom is -0.493 e. The van der Waals surface area contributed by atoms with Crippen LogP contribution in [0.15, 0.2) is 51.2 Å². The van der Waals surface area contributed by atoms with E-state index in [0.717, 1.165) is 0 Å². The molecule has 0 saturated carbocycles. The number of benzene rings is 2. The summed E-state index contributed by atoms with van der Waals surface area (Å²) < 4.78 is 21.9. The Bertz CT molecular complexity index is 1380. The number of carbonyl (C=O) groups excluding carboxylic acids is 3. The summed E-state index contributed by atoms with van der Waals surface area (Å²) in [4.78, 5) is 36.9. The van der Waals surface area contributed by atoms with Crippen LogP contribution < -0.4 is 30.3 Å². The van der Waals surface area contributed by atoms with Gasteiger partial charge in [0.05, 0.1) is 41.0 Å². The number of urea groups is 1. The minimum atomic E-state index is -0.783. The number of carbonyl (C=O) groups is 3. The lowest BCUT2D eigenvalue weighted by molar-refractivity contribution is -0.139. The van der Waals surface area contributed by atoms with Gasteiger partial charge in [-0.25, -0.2) is 15.0 Å². The average molecular weight is 635 g/mol. The standard InChI is InChI=1S/C26H25BrClN5O7/c1-4-38-25(35)22-14(2)31-26(36)32-23(22)16-5-6-19(20(11-16)37-3)40-13-21(34)33-30-12-15-9-17(27)24(18(28)10-15)39-8-7-29/h5-6,9-12,23H,4,8,13H2,1-3H3,(H,33,34)(H2,31,32,36)/b30-12-/t23-/m0/s1. The lowest BCUT2D eigenvalue weighted by Gasteiger charge is -2.28. The predicted octanol–water partition coefficient (Wildman–Crippen LogP) is 3.73. The van der Waals surface area contributed by atoms with E-state index in [0.29, 0.717) is 27.0 Å². The van der Waals surface area contributed by atoms with Gasteiger partial charge in [-0.05, 0) is 65.2 Å². The highest BCUT2D eigenvalue weighted by Crippen LogP contribution is 2.35. The first-order valence-electron chi connectivity index (χ1n) is 11.7. The molecular formula is C26H25BrClN5O7.